The SMILES string of the molecule is CCc1ccc(-c2nnn(CC(=O)N3CC(=O)Nc4ccccc43)n2)cc1. The summed E-state index contributed by atoms with van der Waals surface area (Å²) in [5.41, 5.74) is 3.35. The molecule has 0 unspecified atom stereocenters. The van der Waals surface area contributed by atoms with E-state index < -0.39 is 0 Å². The van der Waals surface area contributed by atoms with Gasteiger partial charge in [0, 0.05) is 5.56 Å². The van der Waals surface area contributed by atoms with Gasteiger partial charge in [-0.05, 0) is 29.3 Å². The predicted molar refractivity (Wildman–Crippen MR) is 100 cm³/mol. The Morgan fingerprint density at radius 1 is 1.15 bits per heavy atom. The van der Waals surface area contributed by atoms with E-state index in [0.29, 0.717) is 17.2 Å². The second kappa shape index (κ2) is 6.99. The van der Waals surface area contributed by atoms with Crippen LogP contribution in [-0.4, -0.2) is 38.6 Å². The second-order valence-corrected chi connectivity index (χ2v) is 6.24. The minimum Gasteiger partial charge on any atom is -0.323 e. The van der Waals surface area contributed by atoms with Gasteiger partial charge in [-0.15, -0.1) is 10.2 Å². The molecule has 3 aromatic rings. The van der Waals surface area contributed by atoms with E-state index in [9.17, 15) is 9.59 Å². The van der Waals surface area contributed by atoms with Gasteiger partial charge in [0.1, 0.15) is 13.1 Å². The molecule has 27 heavy (non-hydrogen) atoms. The topological polar surface area (TPSA) is 93.0 Å². The molecule has 1 aromatic heterocycles. The maximum Gasteiger partial charge on any atom is 0.251 e. The fourth-order valence-corrected chi connectivity index (χ4v) is 2.98. The lowest BCUT2D eigenvalue weighted by Gasteiger charge is -2.28. The zero-order valence-corrected chi connectivity index (χ0v) is 14.8. The number of nitrogens with one attached hydrogen (secondary N) is 1. The van der Waals surface area contributed by atoms with Gasteiger partial charge in [0.05, 0.1) is 11.4 Å². The minimum absolute atomic E-state index is 0.0319. The van der Waals surface area contributed by atoms with Crippen molar-refractivity contribution in [2.45, 2.75) is 19.9 Å². The Morgan fingerprint density at radius 2 is 1.93 bits per heavy atom. The molecule has 8 heteroatoms. The third-order valence-corrected chi connectivity index (χ3v) is 4.42. The average molecular weight is 362 g/mol. The van der Waals surface area contributed by atoms with Crippen LogP contribution in [0.1, 0.15) is 12.5 Å². The molecule has 0 atom stereocenters. The first-order valence-electron chi connectivity index (χ1n) is 8.70. The van der Waals surface area contributed by atoms with E-state index in [1.54, 1.807) is 12.1 Å². The van der Waals surface area contributed by atoms with Crippen LogP contribution in [0.5, 0.6) is 0 Å². The summed E-state index contributed by atoms with van der Waals surface area (Å²) in [4.78, 5) is 27.3. The zero-order valence-electron chi connectivity index (χ0n) is 14.8. The average Bonchev–Trinajstić information content (AvgIpc) is 3.15. The number of fused-ring (bicyclic) bond motifs is 1. The first kappa shape index (κ1) is 16.9. The molecule has 1 N–H and O–H groups in total. The van der Waals surface area contributed by atoms with Crippen molar-refractivity contribution < 1.29 is 9.59 Å². The molecular weight excluding hydrogens is 344 g/mol. The lowest BCUT2D eigenvalue weighted by Crippen LogP contribution is -2.43. The molecule has 0 saturated heterocycles. The molecule has 0 aliphatic carbocycles. The van der Waals surface area contributed by atoms with Crippen molar-refractivity contribution in [3.8, 4) is 11.4 Å². The summed E-state index contributed by atoms with van der Waals surface area (Å²) in [5.74, 6) is -0.0462. The van der Waals surface area contributed by atoms with Crippen molar-refractivity contribution in [1.29, 1.82) is 0 Å². The number of aromatic nitrogens is 4. The van der Waals surface area contributed by atoms with Crippen molar-refractivity contribution in [1.82, 2.24) is 20.2 Å². The van der Waals surface area contributed by atoms with Crippen molar-refractivity contribution >= 4 is 23.2 Å². The highest BCUT2D eigenvalue weighted by Crippen LogP contribution is 2.29. The van der Waals surface area contributed by atoms with Gasteiger partial charge in [-0.1, -0.05) is 43.3 Å². The molecular formula is C19H18N6O2. The Hall–Kier alpha value is -3.55. The number of carbonyl (C=O) groups is 2. The third-order valence-electron chi connectivity index (χ3n) is 4.42. The van der Waals surface area contributed by atoms with E-state index in [0.717, 1.165) is 12.0 Å². The number of hydrogen-bond donors (Lipinski definition) is 1. The van der Waals surface area contributed by atoms with E-state index in [4.69, 9.17) is 0 Å². The molecule has 1 aliphatic heterocycles. The minimum atomic E-state index is -0.275. The highest BCUT2D eigenvalue weighted by molar-refractivity contribution is 6.09. The van der Waals surface area contributed by atoms with Crippen LogP contribution in [0, 0.1) is 0 Å². The number of aryl methyl sites for hydroxylation is 1. The van der Waals surface area contributed by atoms with Crippen LogP contribution in [-0.2, 0) is 22.6 Å². The molecule has 2 amide bonds. The highest BCUT2D eigenvalue weighted by Gasteiger charge is 2.27. The van der Waals surface area contributed by atoms with Gasteiger partial charge in [0.2, 0.25) is 11.7 Å². The van der Waals surface area contributed by atoms with Gasteiger partial charge in [0.15, 0.2) is 0 Å². The quantitative estimate of drug-likeness (QED) is 0.765. The van der Waals surface area contributed by atoms with E-state index in [2.05, 4.69) is 27.7 Å². The number of hydrogen-bond acceptors (Lipinski definition) is 5. The van der Waals surface area contributed by atoms with Gasteiger partial charge in [0.25, 0.3) is 5.91 Å². The molecule has 2 heterocycles. The van der Waals surface area contributed by atoms with Crippen LogP contribution in [0.15, 0.2) is 48.5 Å². The number of carbonyl (C=O) groups excluding carboxylic acids is 2. The Kier molecular flexibility index (Phi) is 4.37. The Balaban J connectivity index is 1.52. The van der Waals surface area contributed by atoms with E-state index in [-0.39, 0.29) is 24.9 Å². The largest absolute Gasteiger partial charge is 0.323 e. The van der Waals surface area contributed by atoms with Crippen LogP contribution in [0.25, 0.3) is 11.4 Å². The number of benzene rings is 2. The standard InChI is InChI=1S/C19H18N6O2/c1-2-13-7-9-14(10-8-13)19-21-23-25(22-19)12-18(27)24-11-17(26)20-15-5-3-4-6-16(15)24/h3-10H,2,11-12H2,1H3,(H,20,26). The van der Waals surface area contributed by atoms with Gasteiger partial charge in [-0.2, -0.15) is 4.80 Å². The summed E-state index contributed by atoms with van der Waals surface area (Å²) < 4.78 is 0. The summed E-state index contributed by atoms with van der Waals surface area (Å²) in [7, 11) is 0. The molecule has 0 saturated carbocycles. The second-order valence-electron chi connectivity index (χ2n) is 6.24. The van der Waals surface area contributed by atoms with Gasteiger partial charge >= 0.3 is 0 Å². The molecule has 0 fully saturated rings. The normalized spacial score (nSPS) is 13.2. The molecule has 0 spiro atoms. The number of amides is 2. The molecule has 0 bridgehead atoms. The molecule has 0 radical (unpaired) electrons. The first-order chi connectivity index (χ1) is 13.1. The smallest absolute Gasteiger partial charge is 0.251 e. The summed E-state index contributed by atoms with van der Waals surface area (Å²) >= 11 is 0. The highest BCUT2D eigenvalue weighted by atomic mass is 16.2. The van der Waals surface area contributed by atoms with E-state index in [1.165, 1.54) is 15.3 Å². The summed E-state index contributed by atoms with van der Waals surface area (Å²) in [5, 5.41) is 15.1. The number of anilines is 2. The van der Waals surface area contributed by atoms with Crippen LogP contribution < -0.4 is 10.2 Å². The molecule has 4 rings (SSSR count). The number of rotatable bonds is 4. The number of para-hydroxylation sites is 2. The molecule has 8 nitrogen and oxygen atoms in total. The number of tetrazole rings is 1. The Bertz CT molecular complexity index is 995. The van der Waals surface area contributed by atoms with Crippen molar-refractivity contribution in [3.63, 3.8) is 0 Å². The van der Waals surface area contributed by atoms with Crippen molar-refractivity contribution in [2.75, 3.05) is 16.8 Å². The molecule has 136 valence electrons. The van der Waals surface area contributed by atoms with Gasteiger partial charge in [-0.25, -0.2) is 0 Å². The number of nitrogens with zero attached hydrogens (tertiary/aromatic N) is 5. The van der Waals surface area contributed by atoms with Crippen LogP contribution in [0.3, 0.4) is 0 Å². The maximum atomic E-state index is 12.7. The van der Waals surface area contributed by atoms with Crippen molar-refractivity contribution in [3.05, 3.63) is 54.1 Å². The maximum absolute atomic E-state index is 12.7. The fourth-order valence-electron chi connectivity index (χ4n) is 2.98. The van der Waals surface area contributed by atoms with Crippen LogP contribution >= 0.6 is 0 Å². The molecule has 1 aliphatic rings. The first-order valence-corrected chi connectivity index (χ1v) is 8.70. The van der Waals surface area contributed by atoms with Gasteiger partial charge in [-0.3, -0.25) is 14.5 Å². The summed E-state index contributed by atoms with van der Waals surface area (Å²) in [6.45, 7) is 1.96. The zero-order chi connectivity index (χ0) is 18.8. The Labute approximate surface area is 155 Å². The fraction of sp³-hybridized carbons (Fsp3) is 0.211. The summed E-state index contributed by atoms with van der Waals surface area (Å²) in [6, 6.07) is 15.1. The van der Waals surface area contributed by atoms with E-state index in [1.807, 2.05) is 36.4 Å². The van der Waals surface area contributed by atoms with Crippen LogP contribution in [0.4, 0.5) is 11.4 Å². The molecule has 2 aromatic carbocycles. The lowest BCUT2D eigenvalue weighted by atomic mass is 10.1. The van der Waals surface area contributed by atoms with Crippen molar-refractivity contribution in [2.24, 2.45) is 0 Å². The monoisotopic (exact) mass is 362 g/mol. The lowest BCUT2D eigenvalue weighted by molar-refractivity contribution is -0.122. The third kappa shape index (κ3) is 3.41. The summed E-state index contributed by atoms with van der Waals surface area (Å²) in [6.07, 6.45) is 0.958. The Morgan fingerprint density at radius 3 is 2.70 bits per heavy atom. The predicted octanol–water partition coefficient (Wildman–Crippen LogP) is 1.89. The van der Waals surface area contributed by atoms with Gasteiger partial charge < -0.3 is 5.32 Å². The van der Waals surface area contributed by atoms with E-state index >= 15 is 0 Å². The van der Waals surface area contributed by atoms with Crippen LogP contribution in [0.2, 0.25) is 0 Å².